The monoisotopic (exact) mass is 258 g/mol. The third-order valence-corrected chi connectivity index (χ3v) is 3.67. The summed E-state index contributed by atoms with van der Waals surface area (Å²) in [6.07, 6.45) is 0.918. The Kier molecular flexibility index (Phi) is 3.51. The Morgan fingerprint density at radius 1 is 1.21 bits per heavy atom. The van der Waals surface area contributed by atoms with Gasteiger partial charge < -0.3 is 15.0 Å². The minimum atomic E-state index is -0.209. The van der Waals surface area contributed by atoms with Gasteiger partial charge in [-0.1, -0.05) is 35.9 Å². The van der Waals surface area contributed by atoms with Crippen molar-refractivity contribution in [3.63, 3.8) is 0 Å². The van der Waals surface area contributed by atoms with Crippen LogP contribution in [0.4, 0.5) is 4.79 Å². The average Bonchev–Trinajstić information content (AvgIpc) is 2.90. The molecule has 1 N–H and O–H groups in total. The Hall–Kier alpha value is -1.81. The first-order valence-corrected chi connectivity index (χ1v) is 6.69. The Labute approximate surface area is 113 Å². The molecular weight excluding hydrogens is 240 g/mol. The van der Waals surface area contributed by atoms with Gasteiger partial charge in [-0.3, -0.25) is 0 Å². The zero-order valence-corrected chi connectivity index (χ0v) is 10.9. The minimum Gasteiger partial charge on any atom is -0.445 e. The molecule has 1 aromatic carbocycles. The van der Waals surface area contributed by atoms with E-state index < -0.39 is 0 Å². The van der Waals surface area contributed by atoms with Gasteiger partial charge in [0, 0.05) is 19.6 Å². The number of hydrogen-bond donors (Lipinski definition) is 1. The van der Waals surface area contributed by atoms with E-state index in [1.54, 1.807) is 4.90 Å². The summed E-state index contributed by atoms with van der Waals surface area (Å²) in [5.41, 5.74) is 3.91. The van der Waals surface area contributed by atoms with Gasteiger partial charge >= 0.3 is 6.09 Å². The Balaban J connectivity index is 1.47. The van der Waals surface area contributed by atoms with E-state index in [1.807, 2.05) is 30.3 Å². The maximum Gasteiger partial charge on any atom is 0.410 e. The highest BCUT2D eigenvalue weighted by Gasteiger charge is 2.29. The molecule has 2 fully saturated rings. The van der Waals surface area contributed by atoms with Gasteiger partial charge in [0.25, 0.3) is 0 Å². The molecule has 1 aromatic rings. The second kappa shape index (κ2) is 5.45. The standard InChI is InChI=1S/C15H18N2O2/c18-15(19-11-12-4-2-1-3-5-12)17-9-14(10-17)13-6-7-16-8-13/h1-5,16H,6-11H2. The molecule has 0 unspecified atom stereocenters. The predicted octanol–water partition coefficient (Wildman–Crippen LogP) is 1.93. The number of ether oxygens (including phenoxy) is 1. The number of nitrogens with one attached hydrogen (secondary N) is 1. The summed E-state index contributed by atoms with van der Waals surface area (Å²) in [6.45, 7) is 3.89. The van der Waals surface area contributed by atoms with Crippen LogP contribution in [0.5, 0.6) is 0 Å². The van der Waals surface area contributed by atoms with E-state index in [-0.39, 0.29) is 6.09 Å². The van der Waals surface area contributed by atoms with E-state index in [4.69, 9.17) is 4.74 Å². The second-order valence-electron chi connectivity index (χ2n) is 5.03. The predicted molar refractivity (Wildman–Crippen MR) is 72.7 cm³/mol. The molecule has 0 atom stereocenters. The van der Waals surface area contributed by atoms with Crippen LogP contribution in [0.3, 0.4) is 0 Å². The summed E-state index contributed by atoms with van der Waals surface area (Å²) in [5.74, 6) is 0. The molecule has 0 saturated carbocycles. The fourth-order valence-corrected chi connectivity index (χ4v) is 2.45. The van der Waals surface area contributed by atoms with Crippen molar-refractivity contribution in [3.05, 3.63) is 47.0 Å². The van der Waals surface area contributed by atoms with Crippen molar-refractivity contribution in [3.8, 4) is 0 Å². The average molecular weight is 258 g/mol. The second-order valence-corrected chi connectivity index (χ2v) is 5.03. The lowest BCUT2D eigenvalue weighted by Crippen LogP contribution is -2.45. The summed E-state index contributed by atoms with van der Waals surface area (Å²) in [7, 11) is 0. The first kappa shape index (κ1) is 12.2. The summed E-state index contributed by atoms with van der Waals surface area (Å²) >= 11 is 0. The molecule has 2 saturated heterocycles. The highest BCUT2D eigenvalue weighted by atomic mass is 16.6. The van der Waals surface area contributed by atoms with Gasteiger partial charge in [-0.05, 0) is 24.1 Å². The van der Waals surface area contributed by atoms with Gasteiger partial charge in [-0.15, -0.1) is 0 Å². The van der Waals surface area contributed by atoms with Gasteiger partial charge in [-0.25, -0.2) is 4.79 Å². The first-order valence-electron chi connectivity index (χ1n) is 6.69. The molecule has 0 aliphatic carbocycles. The normalized spacial score (nSPS) is 18.4. The van der Waals surface area contributed by atoms with Crippen molar-refractivity contribution >= 4 is 6.09 Å². The smallest absolute Gasteiger partial charge is 0.410 e. The molecule has 100 valence electrons. The number of benzene rings is 1. The number of nitrogens with zero attached hydrogens (tertiary/aromatic N) is 1. The van der Waals surface area contributed by atoms with Crippen molar-refractivity contribution in [2.45, 2.75) is 13.0 Å². The number of hydrogen-bond acceptors (Lipinski definition) is 3. The zero-order valence-electron chi connectivity index (χ0n) is 10.9. The maximum atomic E-state index is 11.8. The molecule has 2 aliphatic rings. The topological polar surface area (TPSA) is 41.6 Å². The van der Waals surface area contributed by atoms with Crippen molar-refractivity contribution < 1.29 is 9.53 Å². The molecular formula is C15H18N2O2. The molecule has 3 rings (SSSR count). The lowest BCUT2D eigenvalue weighted by atomic mass is 10.0. The number of amides is 1. The van der Waals surface area contributed by atoms with E-state index in [0.717, 1.165) is 38.2 Å². The van der Waals surface area contributed by atoms with Crippen LogP contribution >= 0.6 is 0 Å². The van der Waals surface area contributed by atoms with Gasteiger partial charge in [-0.2, -0.15) is 0 Å². The minimum absolute atomic E-state index is 0.209. The summed E-state index contributed by atoms with van der Waals surface area (Å²) in [5, 5.41) is 3.32. The van der Waals surface area contributed by atoms with Crippen LogP contribution in [0.2, 0.25) is 0 Å². The quantitative estimate of drug-likeness (QED) is 0.824. The van der Waals surface area contributed by atoms with Crippen LogP contribution in [0.15, 0.2) is 41.5 Å². The number of likely N-dealkylation sites (tertiary alicyclic amines) is 1. The molecule has 0 radical (unpaired) electrons. The van der Waals surface area contributed by atoms with Gasteiger partial charge in [0.15, 0.2) is 0 Å². The van der Waals surface area contributed by atoms with E-state index in [9.17, 15) is 4.79 Å². The van der Waals surface area contributed by atoms with Crippen LogP contribution < -0.4 is 5.32 Å². The Morgan fingerprint density at radius 2 is 2.00 bits per heavy atom. The van der Waals surface area contributed by atoms with Crippen molar-refractivity contribution in [2.24, 2.45) is 0 Å². The van der Waals surface area contributed by atoms with Gasteiger partial charge in [0.05, 0.1) is 0 Å². The first-order chi connectivity index (χ1) is 9.33. The van der Waals surface area contributed by atoms with Crippen LogP contribution in [0.1, 0.15) is 12.0 Å². The van der Waals surface area contributed by atoms with Gasteiger partial charge in [0.2, 0.25) is 0 Å². The van der Waals surface area contributed by atoms with Crippen molar-refractivity contribution in [1.82, 2.24) is 10.2 Å². The lowest BCUT2D eigenvalue weighted by molar-refractivity contribution is 0.0900. The van der Waals surface area contributed by atoms with E-state index in [0.29, 0.717) is 6.61 Å². The van der Waals surface area contributed by atoms with E-state index in [2.05, 4.69) is 5.32 Å². The molecule has 0 spiro atoms. The number of carbonyl (C=O) groups is 1. The number of rotatable bonds is 2. The summed E-state index contributed by atoms with van der Waals surface area (Å²) < 4.78 is 5.29. The van der Waals surface area contributed by atoms with Crippen LogP contribution in [-0.4, -0.2) is 37.2 Å². The fraction of sp³-hybridized carbons (Fsp3) is 0.400. The van der Waals surface area contributed by atoms with Gasteiger partial charge in [0.1, 0.15) is 6.61 Å². The molecule has 2 heterocycles. The highest BCUT2D eigenvalue weighted by molar-refractivity contribution is 5.70. The SMILES string of the molecule is O=C(OCc1ccccc1)N1CC(=C2CCNC2)C1. The molecule has 1 amide bonds. The van der Waals surface area contributed by atoms with E-state index >= 15 is 0 Å². The summed E-state index contributed by atoms with van der Waals surface area (Å²) in [6, 6.07) is 9.77. The lowest BCUT2D eigenvalue weighted by Gasteiger charge is -2.34. The molecule has 4 nitrogen and oxygen atoms in total. The zero-order chi connectivity index (χ0) is 13.1. The maximum absolute atomic E-state index is 11.8. The third kappa shape index (κ3) is 2.79. The van der Waals surface area contributed by atoms with Crippen molar-refractivity contribution in [1.29, 1.82) is 0 Å². The van der Waals surface area contributed by atoms with Crippen molar-refractivity contribution in [2.75, 3.05) is 26.2 Å². The molecule has 19 heavy (non-hydrogen) atoms. The largest absolute Gasteiger partial charge is 0.445 e. The van der Waals surface area contributed by atoms with Crippen LogP contribution in [0.25, 0.3) is 0 Å². The molecule has 0 bridgehead atoms. The molecule has 2 aliphatic heterocycles. The third-order valence-electron chi connectivity index (χ3n) is 3.67. The van der Waals surface area contributed by atoms with Crippen LogP contribution in [-0.2, 0) is 11.3 Å². The highest BCUT2D eigenvalue weighted by Crippen LogP contribution is 2.23. The summed E-state index contributed by atoms with van der Waals surface area (Å²) in [4.78, 5) is 13.6. The Morgan fingerprint density at radius 3 is 2.68 bits per heavy atom. The number of carbonyl (C=O) groups excluding carboxylic acids is 1. The molecule has 0 aromatic heterocycles. The molecule has 4 heteroatoms. The van der Waals surface area contributed by atoms with E-state index in [1.165, 1.54) is 11.1 Å². The van der Waals surface area contributed by atoms with Crippen LogP contribution in [0, 0.1) is 0 Å². The Bertz CT molecular complexity index is 480. The fourth-order valence-electron chi connectivity index (χ4n) is 2.45.